The van der Waals surface area contributed by atoms with Crippen LogP contribution in [0.15, 0.2) is 55.2 Å². The number of allylic oxidation sites excluding steroid dienone is 4. The van der Waals surface area contributed by atoms with Crippen molar-refractivity contribution in [2.24, 2.45) is 11.7 Å². The van der Waals surface area contributed by atoms with Crippen LogP contribution in [0.25, 0.3) is 11.2 Å². The van der Waals surface area contributed by atoms with Gasteiger partial charge in [-0.05, 0) is 12.0 Å². The summed E-state index contributed by atoms with van der Waals surface area (Å²) in [4.78, 5) is 56.5. The summed E-state index contributed by atoms with van der Waals surface area (Å²) in [6.45, 7) is -1.93. The number of primary amides is 1. The quantitative estimate of drug-likeness (QED) is 0.0374. The molecule has 11 N–H and O–H groups in total. The molecule has 2 saturated heterocycles. The third kappa shape index (κ3) is 9.15. The van der Waals surface area contributed by atoms with Crippen LogP contribution >= 0.6 is 15.6 Å². The lowest BCUT2D eigenvalue weighted by molar-refractivity contribution is -0.765. The number of hydrogen-bond donors (Lipinski definition) is 9. The molecule has 0 spiro atoms. The van der Waals surface area contributed by atoms with Crippen LogP contribution in [-0.4, -0.2) is 111 Å². The standard InChI is InChI=1S/C30H34N8O15P2/c31-26-21-28(35-14-34-26)38(19(36-21)7-8-33-20(39)10-15-4-1-2-5-15)30-25(43)23(41)18(52-30)13-50-55(47,48)53-54(45,46)49-12-17-22(40)24(42)29(51-17)37-9-3-6-16(11-37)27(32)44/h1-6,9,11,14-15,17-18,22-25,29-30,40-43H,10,12-13H2,(H6-,31,32,33,34,35,36,39,44,45,46,47,48)/p+1/t17-,18-,22-,23-,24-,25-,29-,30-/m1/s1. The van der Waals surface area contributed by atoms with Gasteiger partial charge >= 0.3 is 15.6 Å². The molecule has 23 nitrogen and oxygen atoms in total. The van der Waals surface area contributed by atoms with E-state index in [4.69, 9.17) is 30.0 Å². The fraction of sp³-hybridized carbons (Fsp3) is 0.400. The second-order valence-corrected chi connectivity index (χ2v) is 15.3. The Morgan fingerprint density at radius 2 is 1.64 bits per heavy atom. The van der Waals surface area contributed by atoms with Gasteiger partial charge in [-0.25, -0.2) is 24.1 Å². The van der Waals surface area contributed by atoms with Gasteiger partial charge in [0.1, 0.15) is 42.4 Å². The van der Waals surface area contributed by atoms with Crippen molar-refractivity contribution < 1.29 is 76.3 Å². The van der Waals surface area contributed by atoms with Gasteiger partial charge in [0.2, 0.25) is 5.91 Å². The maximum Gasteiger partial charge on any atom is 0.481 e. The molecular formula is C30H35N8O15P2+. The van der Waals surface area contributed by atoms with E-state index in [1.54, 1.807) is 0 Å². The number of anilines is 1. The van der Waals surface area contributed by atoms with Crippen LogP contribution in [0.2, 0.25) is 0 Å². The number of carbonyl (C=O) groups excluding carboxylic acids is 2. The van der Waals surface area contributed by atoms with Gasteiger partial charge in [-0.15, -0.1) is 0 Å². The van der Waals surface area contributed by atoms with Gasteiger partial charge in [-0.3, -0.25) is 28.5 Å². The molecule has 1 aliphatic carbocycles. The average Bonchev–Trinajstić information content (AvgIpc) is 3.90. The fourth-order valence-corrected chi connectivity index (χ4v) is 7.89. The SMILES string of the molecule is NC(=O)c1ccc[n+]([C@@H]2O[C@H](COP(=O)(O)OP(=O)(O)OC[C@H]3O[C@@H](n4c(C#CNC(=O)CC5C=CC=C5)nc5c(N)ncnc54)[C@H](O)[C@@H]3O)[C@@H](O)[C@H]2O)c1. The van der Waals surface area contributed by atoms with Gasteiger partial charge < -0.3 is 51.2 Å². The summed E-state index contributed by atoms with van der Waals surface area (Å²) < 4.78 is 52.8. The molecule has 0 saturated carbocycles. The number of carbonyl (C=O) groups is 2. The number of phosphoric acid groups is 2. The Morgan fingerprint density at radius 3 is 2.31 bits per heavy atom. The first-order valence-corrected chi connectivity index (χ1v) is 19.2. The van der Waals surface area contributed by atoms with E-state index in [0.717, 1.165) is 10.9 Å². The predicted molar refractivity (Wildman–Crippen MR) is 181 cm³/mol. The normalized spacial score (nSPS) is 28.5. The molecule has 3 aromatic heterocycles. The second kappa shape index (κ2) is 16.3. The van der Waals surface area contributed by atoms with Crippen molar-refractivity contribution in [3.05, 3.63) is 66.5 Å². The highest BCUT2D eigenvalue weighted by molar-refractivity contribution is 7.61. The van der Waals surface area contributed by atoms with Crippen molar-refractivity contribution >= 4 is 44.4 Å². The molecule has 25 heteroatoms. The number of amides is 2. The van der Waals surface area contributed by atoms with Crippen LogP contribution < -0.4 is 21.4 Å². The Kier molecular flexibility index (Phi) is 11.9. The van der Waals surface area contributed by atoms with E-state index in [1.807, 2.05) is 24.3 Å². The number of fused-ring (bicyclic) bond motifs is 1. The maximum absolute atomic E-state index is 12.7. The number of aromatic nitrogens is 5. The number of rotatable bonds is 13. The number of phosphoric ester groups is 2. The zero-order valence-corrected chi connectivity index (χ0v) is 29.9. The third-order valence-corrected chi connectivity index (χ3v) is 11.1. The molecule has 294 valence electrons. The van der Waals surface area contributed by atoms with E-state index in [2.05, 4.69) is 36.5 Å². The molecule has 6 rings (SSSR count). The summed E-state index contributed by atoms with van der Waals surface area (Å²) >= 11 is 0. The first-order chi connectivity index (χ1) is 26.0. The van der Waals surface area contributed by atoms with Gasteiger partial charge in [0.25, 0.3) is 12.1 Å². The summed E-state index contributed by atoms with van der Waals surface area (Å²) in [7, 11) is -10.9. The van der Waals surface area contributed by atoms with E-state index in [0.29, 0.717) is 0 Å². The fourth-order valence-electron chi connectivity index (χ4n) is 5.79. The Bertz CT molecular complexity index is 2160. The van der Waals surface area contributed by atoms with Crippen molar-refractivity contribution in [3.63, 3.8) is 0 Å². The van der Waals surface area contributed by atoms with Crippen molar-refractivity contribution in [1.82, 2.24) is 24.8 Å². The summed E-state index contributed by atoms with van der Waals surface area (Å²) in [6.07, 6.45) is -1.55. The van der Waals surface area contributed by atoms with Crippen LogP contribution in [0.4, 0.5) is 5.82 Å². The minimum absolute atomic E-state index is 0.00433. The van der Waals surface area contributed by atoms with Gasteiger partial charge in [0.15, 0.2) is 47.5 Å². The van der Waals surface area contributed by atoms with Crippen LogP contribution in [0.1, 0.15) is 35.1 Å². The largest absolute Gasteiger partial charge is 0.481 e. The first-order valence-electron chi connectivity index (χ1n) is 16.2. The highest BCUT2D eigenvalue weighted by atomic mass is 31.3. The molecular weight excluding hydrogens is 774 g/mol. The molecule has 2 fully saturated rings. The van der Waals surface area contributed by atoms with Gasteiger partial charge in [-0.2, -0.15) is 8.88 Å². The van der Waals surface area contributed by atoms with Crippen LogP contribution in [0.5, 0.6) is 0 Å². The smallest absolute Gasteiger partial charge is 0.387 e. The zero-order valence-electron chi connectivity index (χ0n) is 28.2. The van der Waals surface area contributed by atoms with Gasteiger partial charge in [-0.1, -0.05) is 24.3 Å². The first kappa shape index (κ1) is 40.2. The van der Waals surface area contributed by atoms with Gasteiger partial charge in [0.05, 0.1) is 13.2 Å². The molecule has 5 heterocycles. The lowest BCUT2D eigenvalue weighted by Gasteiger charge is -2.20. The Hall–Kier alpha value is -4.50. The van der Waals surface area contributed by atoms with E-state index in [1.165, 1.54) is 29.1 Å². The lowest BCUT2D eigenvalue weighted by atomic mass is 10.1. The molecule has 55 heavy (non-hydrogen) atoms. The monoisotopic (exact) mass is 809 g/mol. The second-order valence-electron chi connectivity index (χ2n) is 12.3. The number of nitrogens with two attached hydrogens (primary N) is 2. The highest BCUT2D eigenvalue weighted by Crippen LogP contribution is 2.60. The van der Waals surface area contributed by atoms with Crippen LogP contribution in [0, 0.1) is 17.9 Å². The van der Waals surface area contributed by atoms with Crippen LogP contribution in [-0.2, 0) is 36.8 Å². The number of nitrogens with one attached hydrogen (secondary N) is 1. The Balaban J connectivity index is 1.07. The van der Waals surface area contributed by atoms with Crippen molar-refractivity contribution in [1.29, 1.82) is 0 Å². The summed E-state index contributed by atoms with van der Waals surface area (Å²) in [5.41, 5.74) is 11.3. The molecule has 0 aromatic carbocycles. The molecule has 0 radical (unpaired) electrons. The minimum Gasteiger partial charge on any atom is -0.387 e. The third-order valence-electron chi connectivity index (χ3n) is 8.47. The van der Waals surface area contributed by atoms with E-state index in [9.17, 15) is 48.9 Å². The molecule has 3 aromatic rings. The summed E-state index contributed by atoms with van der Waals surface area (Å²) in [5.74, 6) is 1.15. The number of aliphatic hydroxyl groups excluding tert-OH is 4. The van der Waals surface area contributed by atoms with E-state index < -0.39 is 89.8 Å². The molecule has 10 atom stereocenters. The summed E-state index contributed by atoms with van der Waals surface area (Å²) in [5, 5.41) is 45.1. The number of ether oxygens (including phenoxy) is 2. The predicted octanol–water partition coefficient (Wildman–Crippen LogP) is -2.46. The zero-order chi connectivity index (χ0) is 39.7. The van der Waals surface area contributed by atoms with Gasteiger partial charge in [0, 0.05) is 24.4 Å². The van der Waals surface area contributed by atoms with Crippen molar-refractivity contribution in [2.45, 2.75) is 55.5 Å². The molecule has 2 amide bonds. The summed E-state index contributed by atoms with van der Waals surface area (Å²) in [6, 6.07) is 5.30. The molecule has 2 aliphatic heterocycles. The number of pyridine rings is 1. The van der Waals surface area contributed by atoms with E-state index >= 15 is 0 Å². The van der Waals surface area contributed by atoms with Crippen LogP contribution in [0.3, 0.4) is 0 Å². The molecule has 2 unspecified atom stereocenters. The Morgan fingerprint density at radius 1 is 0.982 bits per heavy atom. The minimum atomic E-state index is -5.49. The topological polar surface area (TPSA) is 347 Å². The van der Waals surface area contributed by atoms with E-state index in [-0.39, 0.29) is 40.7 Å². The van der Waals surface area contributed by atoms with Crippen molar-refractivity contribution in [2.75, 3.05) is 18.9 Å². The average molecular weight is 810 g/mol. The number of imidazole rings is 1. The maximum atomic E-state index is 12.7. The molecule has 3 aliphatic rings. The van der Waals surface area contributed by atoms with Crippen molar-refractivity contribution in [3.8, 4) is 12.0 Å². The Labute approximate surface area is 310 Å². The molecule has 0 bridgehead atoms. The lowest BCUT2D eigenvalue weighted by Crippen LogP contribution is -2.46. The number of aliphatic hydroxyl groups is 4. The number of nitrogen functional groups attached to an aromatic ring is 1. The number of hydrogen-bond acceptors (Lipinski definition) is 17. The highest BCUT2D eigenvalue weighted by Gasteiger charge is 2.50. The number of nitrogens with zero attached hydrogens (tertiary/aromatic N) is 5.